The van der Waals surface area contributed by atoms with Crippen LogP contribution in [0.3, 0.4) is 0 Å². The van der Waals surface area contributed by atoms with E-state index in [2.05, 4.69) is 56.1 Å². The van der Waals surface area contributed by atoms with Crippen LogP contribution in [-0.2, 0) is 14.0 Å². The van der Waals surface area contributed by atoms with Gasteiger partial charge in [-0.2, -0.15) is 35.3 Å². The van der Waals surface area contributed by atoms with Crippen LogP contribution < -0.4 is 0 Å². The van der Waals surface area contributed by atoms with Crippen molar-refractivity contribution < 1.29 is 14.0 Å². The molecule has 0 aromatic carbocycles. The quantitative estimate of drug-likeness (QED) is 0.0849. The maximum Gasteiger partial charge on any atom is 0.639 e. The van der Waals surface area contributed by atoms with Crippen LogP contribution in [0, 0.1) is 0 Å². The SMILES string of the molecule is CCCCSCCCCOB(OCCCCSCCCC)OCCCCSCCCC. The molecular formula is C24H51BO3S3. The average Bonchev–Trinajstić information content (AvgIpc) is 2.78. The van der Waals surface area contributed by atoms with E-state index in [0.717, 1.165) is 39.1 Å². The molecule has 0 atom stereocenters. The molecule has 0 aromatic heterocycles. The molecule has 0 aromatic rings. The second-order valence-corrected chi connectivity index (χ2v) is 11.6. The van der Waals surface area contributed by atoms with Gasteiger partial charge in [0.2, 0.25) is 0 Å². The summed E-state index contributed by atoms with van der Waals surface area (Å²) in [6, 6.07) is 0. The van der Waals surface area contributed by atoms with Crippen molar-refractivity contribution in [2.24, 2.45) is 0 Å². The van der Waals surface area contributed by atoms with E-state index in [1.165, 1.54) is 92.3 Å². The highest BCUT2D eigenvalue weighted by Crippen LogP contribution is 2.11. The molecule has 7 heteroatoms. The van der Waals surface area contributed by atoms with Crippen molar-refractivity contribution in [3.63, 3.8) is 0 Å². The molecule has 0 saturated carbocycles. The molecule has 0 spiro atoms. The van der Waals surface area contributed by atoms with Crippen LogP contribution in [-0.4, -0.2) is 61.7 Å². The summed E-state index contributed by atoms with van der Waals surface area (Å²) in [5.41, 5.74) is 0. The fourth-order valence-corrected chi connectivity index (χ4v) is 5.96. The molecule has 0 heterocycles. The van der Waals surface area contributed by atoms with Crippen LogP contribution >= 0.6 is 35.3 Å². The lowest BCUT2D eigenvalue weighted by Gasteiger charge is -2.15. The summed E-state index contributed by atoms with van der Waals surface area (Å²) >= 11 is 6.20. The van der Waals surface area contributed by atoms with Crippen molar-refractivity contribution in [1.82, 2.24) is 0 Å². The maximum absolute atomic E-state index is 5.93. The van der Waals surface area contributed by atoms with Gasteiger partial charge in [-0.1, -0.05) is 40.0 Å². The molecule has 3 nitrogen and oxygen atoms in total. The second-order valence-electron chi connectivity index (χ2n) is 7.92. The van der Waals surface area contributed by atoms with E-state index in [4.69, 9.17) is 14.0 Å². The Morgan fingerprint density at radius 1 is 0.419 bits per heavy atom. The van der Waals surface area contributed by atoms with Crippen molar-refractivity contribution in [3.8, 4) is 0 Å². The van der Waals surface area contributed by atoms with Gasteiger partial charge in [0.05, 0.1) is 0 Å². The molecule has 0 fully saturated rings. The van der Waals surface area contributed by atoms with Crippen molar-refractivity contribution in [2.75, 3.05) is 54.3 Å². The van der Waals surface area contributed by atoms with Crippen molar-refractivity contribution >= 4 is 42.6 Å². The molecule has 0 aliphatic carbocycles. The third-order valence-corrected chi connectivity index (χ3v) is 8.20. The number of hydrogen-bond donors (Lipinski definition) is 0. The minimum atomic E-state index is -0.478. The first kappa shape index (κ1) is 32.0. The highest BCUT2D eigenvalue weighted by Gasteiger charge is 2.20. The maximum atomic E-state index is 5.93. The van der Waals surface area contributed by atoms with E-state index in [-0.39, 0.29) is 0 Å². The molecule has 0 amide bonds. The summed E-state index contributed by atoms with van der Waals surface area (Å²) in [5, 5.41) is 0. The third kappa shape index (κ3) is 27.1. The largest absolute Gasteiger partial charge is 0.639 e. The minimum Gasteiger partial charge on any atom is -0.386 e. The Bertz CT molecular complexity index is 281. The van der Waals surface area contributed by atoms with Crippen LogP contribution in [0.4, 0.5) is 0 Å². The van der Waals surface area contributed by atoms with Crippen LogP contribution in [0.2, 0.25) is 0 Å². The predicted octanol–water partition coefficient (Wildman–Crippen LogP) is 7.96. The zero-order chi connectivity index (χ0) is 22.7. The van der Waals surface area contributed by atoms with Crippen molar-refractivity contribution in [3.05, 3.63) is 0 Å². The summed E-state index contributed by atoms with van der Waals surface area (Å²) < 4.78 is 17.8. The minimum absolute atomic E-state index is 0.478. The molecule has 0 N–H and O–H groups in total. The Hall–Kier alpha value is 0.995. The first-order chi connectivity index (χ1) is 15.3. The highest BCUT2D eigenvalue weighted by atomic mass is 32.2. The normalized spacial score (nSPS) is 11.3. The lowest BCUT2D eigenvalue weighted by Crippen LogP contribution is -2.29. The smallest absolute Gasteiger partial charge is 0.386 e. The van der Waals surface area contributed by atoms with Crippen molar-refractivity contribution in [1.29, 1.82) is 0 Å². The topological polar surface area (TPSA) is 27.7 Å². The lowest BCUT2D eigenvalue weighted by molar-refractivity contribution is 0.0900. The molecule has 0 aliphatic heterocycles. The molecule has 0 radical (unpaired) electrons. The van der Waals surface area contributed by atoms with E-state index in [9.17, 15) is 0 Å². The van der Waals surface area contributed by atoms with Gasteiger partial charge in [-0.05, 0) is 92.3 Å². The van der Waals surface area contributed by atoms with Gasteiger partial charge in [-0.25, -0.2) is 0 Å². The third-order valence-electron chi connectivity index (χ3n) is 4.74. The molecular weight excluding hydrogens is 443 g/mol. The average molecular weight is 495 g/mol. The van der Waals surface area contributed by atoms with E-state index in [1.54, 1.807) is 0 Å². The van der Waals surface area contributed by atoms with Gasteiger partial charge in [0.25, 0.3) is 0 Å². The van der Waals surface area contributed by atoms with E-state index in [1.807, 2.05) is 0 Å². The highest BCUT2D eigenvalue weighted by molar-refractivity contribution is 7.99. The van der Waals surface area contributed by atoms with Gasteiger partial charge in [-0.15, -0.1) is 0 Å². The summed E-state index contributed by atoms with van der Waals surface area (Å²) in [6.45, 7) is 8.97. The zero-order valence-corrected chi connectivity index (χ0v) is 23.3. The Kier molecular flexibility index (Phi) is 30.0. The van der Waals surface area contributed by atoms with Crippen molar-refractivity contribution in [2.45, 2.75) is 97.8 Å². The Morgan fingerprint density at radius 3 is 1.00 bits per heavy atom. The van der Waals surface area contributed by atoms with E-state index in [0.29, 0.717) is 0 Å². The first-order valence-electron chi connectivity index (χ1n) is 12.9. The fourth-order valence-electron chi connectivity index (χ4n) is 2.65. The molecule has 0 unspecified atom stereocenters. The van der Waals surface area contributed by atoms with E-state index < -0.39 is 7.32 Å². The van der Waals surface area contributed by atoms with Crippen LogP contribution in [0.15, 0.2) is 0 Å². The van der Waals surface area contributed by atoms with Crippen LogP contribution in [0.5, 0.6) is 0 Å². The molecule has 0 bridgehead atoms. The van der Waals surface area contributed by atoms with Gasteiger partial charge >= 0.3 is 7.32 Å². The predicted molar refractivity (Wildman–Crippen MR) is 148 cm³/mol. The Morgan fingerprint density at radius 2 is 0.710 bits per heavy atom. The van der Waals surface area contributed by atoms with Crippen LogP contribution in [0.1, 0.15) is 97.8 Å². The first-order valence-corrected chi connectivity index (χ1v) is 16.4. The van der Waals surface area contributed by atoms with Gasteiger partial charge in [0.15, 0.2) is 0 Å². The molecule has 31 heavy (non-hydrogen) atoms. The Balaban J connectivity index is 3.82. The zero-order valence-electron chi connectivity index (χ0n) is 20.9. The molecule has 0 saturated heterocycles. The summed E-state index contributed by atoms with van der Waals surface area (Å²) in [6.07, 6.45) is 14.8. The lowest BCUT2D eigenvalue weighted by atomic mass is 10.2. The Labute approximate surface area is 208 Å². The molecule has 0 rings (SSSR count). The van der Waals surface area contributed by atoms with Gasteiger partial charge in [0.1, 0.15) is 0 Å². The van der Waals surface area contributed by atoms with Gasteiger partial charge in [-0.3, -0.25) is 0 Å². The molecule has 186 valence electrons. The number of unbranched alkanes of at least 4 members (excludes halogenated alkanes) is 6. The summed E-state index contributed by atoms with van der Waals surface area (Å²) in [7, 11) is -0.478. The summed E-state index contributed by atoms with van der Waals surface area (Å²) in [5.74, 6) is 7.59. The summed E-state index contributed by atoms with van der Waals surface area (Å²) in [4.78, 5) is 0. The number of thioether (sulfide) groups is 3. The molecule has 0 aliphatic rings. The monoisotopic (exact) mass is 494 g/mol. The standard InChI is InChI=1S/C24H51BO3S3/c1-4-7-19-29-22-13-10-16-26-25(27-17-11-14-23-30-20-8-5-2)28-18-12-15-24-31-21-9-6-3/h4-24H2,1-3H3. The van der Waals surface area contributed by atoms with Gasteiger partial charge in [0, 0.05) is 19.8 Å². The fraction of sp³-hybridized carbons (Fsp3) is 1.00. The van der Waals surface area contributed by atoms with E-state index >= 15 is 0 Å². The number of hydrogen-bond acceptors (Lipinski definition) is 6. The second kappa shape index (κ2) is 29.0. The number of rotatable bonds is 27. The van der Waals surface area contributed by atoms with Gasteiger partial charge < -0.3 is 14.0 Å². The van der Waals surface area contributed by atoms with Crippen LogP contribution in [0.25, 0.3) is 0 Å².